The van der Waals surface area contributed by atoms with E-state index < -0.39 is 16.6 Å². The molecule has 0 aliphatic carbocycles. The highest BCUT2D eigenvalue weighted by atomic mass is 35.5. The van der Waals surface area contributed by atoms with Gasteiger partial charge in [-0.05, 0) is 42.0 Å². The highest BCUT2D eigenvalue weighted by Crippen LogP contribution is 2.32. The van der Waals surface area contributed by atoms with Crippen LogP contribution < -0.4 is 14.8 Å². The number of nitro groups is 1. The van der Waals surface area contributed by atoms with Crippen molar-refractivity contribution in [2.75, 3.05) is 12.4 Å². The highest BCUT2D eigenvalue weighted by molar-refractivity contribution is 6.35. The van der Waals surface area contributed by atoms with E-state index in [9.17, 15) is 25.3 Å². The predicted molar refractivity (Wildman–Crippen MR) is 131 cm³/mol. The molecule has 2 N–H and O–H groups in total. The first-order chi connectivity index (χ1) is 16.7. The van der Waals surface area contributed by atoms with E-state index in [1.165, 1.54) is 19.3 Å². The summed E-state index contributed by atoms with van der Waals surface area (Å²) in [5.74, 6) is -0.594. The minimum Gasteiger partial charge on any atom is -0.506 e. The molecule has 0 saturated heterocycles. The highest BCUT2D eigenvalue weighted by Gasteiger charge is 2.16. The molecule has 0 fully saturated rings. The number of carbonyl (C=O) groups excluding carboxylic acids is 1. The van der Waals surface area contributed by atoms with E-state index in [0.29, 0.717) is 32.7 Å². The van der Waals surface area contributed by atoms with Crippen molar-refractivity contribution < 1.29 is 24.3 Å². The second kappa shape index (κ2) is 11.2. The van der Waals surface area contributed by atoms with E-state index in [1.54, 1.807) is 42.5 Å². The van der Waals surface area contributed by atoms with Crippen LogP contribution in [0.3, 0.4) is 0 Å². The molecule has 0 atom stereocenters. The van der Waals surface area contributed by atoms with Crippen molar-refractivity contribution in [2.45, 2.75) is 6.61 Å². The molecular weight excluding hydrogens is 497 g/mol. The maximum atomic E-state index is 12.5. The van der Waals surface area contributed by atoms with Gasteiger partial charge in [-0.15, -0.1) is 0 Å². The number of rotatable bonds is 8. The second-order valence-corrected chi connectivity index (χ2v) is 7.80. The number of nitrogens with one attached hydrogen (secondary N) is 1. The topological polar surface area (TPSA) is 135 Å². The van der Waals surface area contributed by atoms with Crippen LogP contribution in [0, 0.1) is 21.4 Å². The SMILES string of the molecule is COc1cc(/C=C(/C#N)C(=O)Nc2ccc([N+](=O)[O-])cc2O)ccc1OCc1c(Cl)cccc1Cl. The summed E-state index contributed by atoms with van der Waals surface area (Å²) in [5, 5.41) is 33.4. The quantitative estimate of drug-likeness (QED) is 0.129. The van der Waals surface area contributed by atoms with Gasteiger partial charge in [-0.1, -0.05) is 35.3 Å². The van der Waals surface area contributed by atoms with Gasteiger partial charge in [-0.25, -0.2) is 0 Å². The summed E-state index contributed by atoms with van der Waals surface area (Å²) in [4.78, 5) is 22.6. The number of carbonyl (C=O) groups is 1. The number of phenolic OH excluding ortho intramolecular Hbond substituents is 1. The number of non-ortho nitro benzene ring substituents is 1. The molecule has 1 amide bonds. The minimum atomic E-state index is -0.815. The van der Waals surface area contributed by atoms with Crippen molar-refractivity contribution in [1.82, 2.24) is 0 Å². The van der Waals surface area contributed by atoms with Crippen molar-refractivity contribution in [3.05, 3.63) is 91.5 Å². The number of hydrogen-bond donors (Lipinski definition) is 2. The van der Waals surface area contributed by atoms with E-state index in [1.807, 2.05) is 0 Å². The molecule has 35 heavy (non-hydrogen) atoms. The van der Waals surface area contributed by atoms with Gasteiger partial charge in [0.2, 0.25) is 0 Å². The number of aromatic hydroxyl groups is 1. The number of amides is 1. The summed E-state index contributed by atoms with van der Waals surface area (Å²) in [6.07, 6.45) is 1.31. The normalized spacial score (nSPS) is 10.9. The number of anilines is 1. The van der Waals surface area contributed by atoms with Gasteiger partial charge in [0.05, 0.1) is 23.8 Å². The van der Waals surface area contributed by atoms with Gasteiger partial charge in [0.1, 0.15) is 24.0 Å². The number of nitro benzene ring substituents is 1. The number of benzene rings is 3. The first kappa shape index (κ1) is 25.4. The Labute approximate surface area is 209 Å². The van der Waals surface area contributed by atoms with Crippen LogP contribution in [-0.2, 0) is 11.4 Å². The van der Waals surface area contributed by atoms with Crippen LogP contribution in [0.25, 0.3) is 6.08 Å². The lowest BCUT2D eigenvalue weighted by molar-refractivity contribution is -0.384. The van der Waals surface area contributed by atoms with Crippen molar-refractivity contribution >= 4 is 46.6 Å². The van der Waals surface area contributed by atoms with Gasteiger partial charge in [0, 0.05) is 21.7 Å². The lowest BCUT2D eigenvalue weighted by Gasteiger charge is -2.13. The summed E-state index contributed by atoms with van der Waals surface area (Å²) < 4.78 is 11.2. The third-order valence-electron chi connectivity index (χ3n) is 4.74. The number of ether oxygens (including phenoxy) is 2. The molecule has 3 aromatic carbocycles. The third-order valence-corrected chi connectivity index (χ3v) is 5.45. The number of hydrogen-bond acceptors (Lipinski definition) is 7. The number of nitrogens with zero attached hydrogens (tertiary/aromatic N) is 2. The van der Waals surface area contributed by atoms with E-state index >= 15 is 0 Å². The Morgan fingerprint density at radius 1 is 1.17 bits per heavy atom. The fraction of sp³-hybridized carbons (Fsp3) is 0.0833. The van der Waals surface area contributed by atoms with E-state index in [4.69, 9.17) is 32.7 Å². The second-order valence-electron chi connectivity index (χ2n) is 6.98. The van der Waals surface area contributed by atoms with E-state index in [2.05, 4.69) is 5.32 Å². The first-order valence-corrected chi connectivity index (χ1v) is 10.6. The van der Waals surface area contributed by atoms with Crippen LogP contribution in [-0.4, -0.2) is 23.0 Å². The predicted octanol–water partition coefficient (Wildman–Crippen LogP) is 5.74. The van der Waals surface area contributed by atoms with Gasteiger partial charge in [-0.3, -0.25) is 14.9 Å². The Morgan fingerprint density at radius 3 is 2.49 bits per heavy atom. The number of methoxy groups -OCH3 is 1. The minimum absolute atomic E-state index is 0.0821. The molecule has 0 spiro atoms. The van der Waals surface area contributed by atoms with Gasteiger partial charge in [0.15, 0.2) is 11.5 Å². The molecule has 9 nitrogen and oxygen atoms in total. The molecule has 0 aromatic heterocycles. The van der Waals surface area contributed by atoms with Crippen molar-refractivity contribution in [1.29, 1.82) is 5.26 Å². The average Bonchev–Trinajstić information content (AvgIpc) is 2.83. The summed E-state index contributed by atoms with van der Waals surface area (Å²) >= 11 is 12.3. The Kier molecular flexibility index (Phi) is 8.15. The van der Waals surface area contributed by atoms with Gasteiger partial charge in [-0.2, -0.15) is 5.26 Å². The molecule has 178 valence electrons. The molecule has 0 aliphatic rings. The lowest BCUT2D eigenvalue weighted by atomic mass is 10.1. The summed E-state index contributed by atoms with van der Waals surface area (Å²) in [6.45, 7) is 0.0919. The van der Waals surface area contributed by atoms with Crippen LogP contribution in [0.15, 0.2) is 60.2 Å². The van der Waals surface area contributed by atoms with Crippen LogP contribution in [0.1, 0.15) is 11.1 Å². The molecule has 0 unspecified atom stereocenters. The third kappa shape index (κ3) is 6.20. The van der Waals surface area contributed by atoms with Gasteiger partial charge < -0.3 is 19.9 Å². The maximum Gasteiger partial charge on any atom is 0.273 e. The zero-order valence-electron chi connectivity index (χ0n) is 18.1. The molecule has 0 aliphatic heterocycles. The zero-order valence-corrected chi connectivity index (χ0v) is 19.6. The molecule has 11 heteroatoms. The van der Waals surface area contributed by atoms with Crippen LogP contribution in [0.5, 0.6) is 17.2 Å². The molecule has 0 bridgehead atoms. The Bertz CT molecular complexity index is 1350. The Hall–Kier alpha value is -4.26. The van der Waals surface area contributed by atoms with Crippen LogP contribution in [0.2, 0.25) is 10.0 Å². The largest absolute Gasteiger partial charge is 0.506 e. The van der Waals surface area contributed by atoms with Gasteiger partial charge in [0.25, 0.3) is 11.6 Å². The maximum absolute atomic E-state index is 12.5. The molecule has 0 heterocycles. The van der Waals surface area contributed by atoms with Crippen molar-refractivity contribution in [3.63, 3.8) is 0 Å². The number of nitriles is 1. The fourth-order valence-electron chi connectivity index (χ4n) is 2.96. The smallest absolute Gasteiger partial charge is 0.273 e. The van der Waals surface area contributed by atoms with E-state index in [-0.39, 0.29) is 23.6 Å². The zero-order chi connectivity index (χ0) is 25.5. The number of phenols is 1. The Morgan fingerprint density at radius 2 is 1.89 bits per heavy atom. The molecule has 0 radical (unpaired) electrons. The summed E-state index contributed by atoms with van der Waals surface area (Å²) in [5.41, 5.74) is 0.370. The average molecular weight is 514 g/mol. The molecule has 0 saturated carbocycles. The first-order valence-electron chi connectivity index (χ1n) is 9.87. The molecule has 3 aromatic rings. The van der Waals surface area contributed by atoms with E-state index in [0.717, 1.165) is 12.1 Å². The van der Waals surface area contributed by atoms with Crippen molar-refractivity contribution in [2.24, 2.45) is 0 Å². The van der Waals surface area contributed by atoms with Crippen LogP contribution in [0.4, 0.5) is 11.4 Å². The lowest BCUT2D eigenvalue weighted by Crippen LogP contribution is -2.13. The monoisotopic (exact) mass is 513 g/mol. The molecular formula is C24H17Cl2N3O6. The standard InChI is InChI=1S/C24H17Cl2N3O6/c1-34-23-10-14(5-8-22(23)35-13-17-18(25)3-2-4-19(17)26)9-15(12-27)24(31)28-20-7-6-16(29(32)33)11-21(20)30/h2-11,30H,13H2,1H3,(H,28,31)/b15-9-. The fourth-order valence-corrected chi connectivity index (χ4v) is 3.46. The number of halogens is 2. The van der Waals surface area contributed by atoms with Crippen LogP contribution >= 0.6 is 23.2 Å². The summed E-state index contributed by atoms with van der Waals surface area (Å²) in [7, 11) is 1.44. The summed E-state index contributed by atoms with van der Waals surface area (Å²) in [6, 6.07) is 14.9. The van der Waals surface area contributed by atoms with Gasteiger partial charge >= 0.3 is 0 Å². The van der Waals surface area contributed by atoms with Crippen molar-refractivity contribution in [3.8, 4) is 23.3 Å². The Balaban J connectivity index is 1.78. The molecule has 3 rings (SSSR count).